The van der Waals surface area contributed by atoms with Crippen molar-refractivity contribution in [2.75, 3.05) is 26.3 Å². The number of hydrogen-bond acceptors (Lipinski definition) is 3. The second-order valence-electron chi connectivity index (χ2n) is 3.72. The fraction of sp³-hybridized carbons (Fsp3) is 0.417. The Labute approximate surface area is 104 Å². The molecule has 3 N–H and O–H groups in total. The van der Waals surface area contributed by atoms with Crippen LogP contribution in [0, 0.1) is 11.6 Å². The summed E-state index contributed by atoms with van der Waals surface area (Å²) in [4.78, 5) is 11.2. The number of halogens is 2. The van der Waals surface area contributed by atoms with Crippen LogP contribution in [0.3, 0.4) is 0 Å². The lowest BCUT2D eigenvalue weighted by Crippen LogP contribution is -2.30. The van der Waals surface area contributed by atoms with Gasteiger partial charge in [0.25, 0.3) is 0 Å². The quantitative estimate of drug-likeness (QED) is 0.704. The molecule has 0 spiro atoms. The summed E-state index contributed by atoms with van der Waals surface area (Å²) in [5, 5.41) is 2.58. The molecule has 0 radical (unpaired) electrons. The number of ether oxygens (including phenoxy) is 1. The third kappa shape index (κ3) is 5.70. The molecule has 0 aliphatic carbocycles. The Bertz CT molecular complexity index is 379. The molecule has 0 heterocycles. The van der Waals surface area contributed by atoms with Crippen LogP contribution in [-0.2, 0) is 16.0 Å². The van der Waals surface area contributed by atoms with Crippen molar-refractivity contribution in [2.45, 2.75) is 6.42 Å². The lowest BCUT2D eigenvalue weighted by molar-refractivity contribution is -0.125. The minimum atomic E-state index is -0.623. The van der Waals surface area contributed by atoms with Crippen molar-refractivity contribution in [1.29, 1.82) is 0 Å². The Morgan fingerprint density at radius 1 is 1.28 bits per heavy atom. The molecule has 0 aromatic heterocycles. The number of carbonyl (C=O) groups excluding carboxylic acids is 1. The van der Waals surface area contributed by atoms with Crippen LogP contribution >= 0.6 is 0 Å². The van der Waals surface area contributed by atoms with Gasteiger partial charge in [-0.1, -0.05) is 0 Å². The molecule has 1 aromatic carbocycles. The van der Waals surface area contributed by atoms with Crippen molar-refractivity contribution in [2.24, 2.45) is 5.73 Å². The smallest absolute Gasteiger partial charge is 0.246 e. The summed E-state index contributed by atoms with van der Waals surface area (Å²) in [5.74, 6) is -1.52. The Morgan fingerprint density at radius 2 is 1.94 bits per heavy atom. The number of nitrogens with two attached hydrogens (primary N) is 1. The molecule has 1 amide bonds. The van der Waals surface area contributed by atoms with E-state index in [-0.39, 0.29) is 12.5 Å². The molecule has 18 heavy (non-hydrogen) atoms. The average Bonchev–Trinajstić information content (AvgIpc) is 2.28. The number of hydrogen-bond donors (Lipinski definition) is 2. The van der Waals surface area contributed by atoms with Gasteiger partial charge in [0.05, 0.1) is 6.61 Å². The predicted octanol–water partition coefficient (Wildman–Crippen LogP) is 0.599. The van der Waals surface area contributed by atoms with Gasteiger partial charge in [0.1, 0.15) is 18.2 Å². The van der Waals surface area contributed by atoms with E-state index >= 15 is 0 Å². The molecule has 0 atom stereocenters. The molecular formula is C12H16F2N2O2. The van der Waals surface area contributed by atoms with Crippen LogP contribution in [0.2, 0.25) is 0 Å². The van der Waals surface area contributed by atoms with Crippen molar-refractivity contribution in [3.63, 3.8) is 0 Å². The van der Waals surface area contributed by atoms with E-state index in [1.807, 2.05) is 0 Å². The highest BCUT2D eigenvalue weighted by atomic mass is 19.1. The van der Waals surface area contributed by atoms with Crippen molar-refractivity contribution in [3.8, 4) is 0 Å². The summed E-state index contributed by atoms with van der Waals surface area (Å²) >= 11 is 0. The van der Waals surface area contributed by atoms with Crippen LogP contribution in [0.15, 0.2) is 18.2 Å². The van der Waals surface area contributed by atoms with Gasteiger partial charge in [-0.05, 0) is 24.1 Å². The fourth-order valence-corrected chi connectivity index (χ4v) is 1.40. The third-order valence-electron chi connectivity index (χ3n) is 2.15. The van der Waals surface area contributed by atoms with Gasteiger partial charge in [0.2, 0.25) is 5.91 Å². The first-order valence-electron chi connectivity index (χ1n) is 5.61. The number of rotatable bonds is 7. The minimum Gasteiger partial charge on any atom is -0.370 e. The summed E-state index contributed by atoms with van der Waals surface area (Å²) in [5.41, 5.74) is 5.69. The van der Waals surface area contributed by atoms with Crippen LogP contribution in [0.5, 0.6) is 0 Å². The molecule has 1 rings (SSSR count). The minimum absolute atomic E-state index is 0.0608. The van der Waals surface area contributed by atoms with Crippen LogP contribution in [0.1, 0.15) is 5.56 Å². The van der Waals surface area contributed by atoms with Gasteiger partial charge < -0.3 is 15.8 Å². The largest absolute Gasteiger partial charge is 0.370 e. The molecule has 0 saturated carbocycles. The van der Waals surface area contributed by atoms with Gasteiger partial charge in [-0.2, -0.15) is 0 Å². The summed E-state index contributed by atoms with van der Waals surface area (Å²) in [7, 11) is 0. The summed E-state index contributed by atoms with van der Waals surface area (Å²) in [6.07, 6.45) is 0.358. The van der Waals surface area contributed by atoms with Crippen molar-refractivity contribution < 1.29 is 18.3 Å². The molecular weight excluding hydrogens is 242 g/mol. The molecule has 0 aliphatic rings. The van der Waals surface area contributed by atoms with Crippen molar-refractivity contribution in [1.82, 2.24) is 5.32 Å². The highest BCUT2D eigenvalue weighted by Crippen LogP contribution is 2.07. The Hall–Kier alpha value is -1.53. The summed E-state index contributed by atoms with van der Waals surface area (Å²) in [6.45, 7) is 0.917. The molecule has 0 bridgehead atoms. The maximum Gasteiger partial charge on any atom is 0.246 e. The van der Waals surface area contributed by atoms with E-state index < -0.39 is 11.6 Å². The van der Waals surface area contributed by atoms with E-state index in [1.165, 1.54) is 12.1 Å². The maximum absolute atomic E-state index is 12.9. The molecule has 100 valence electrons. The standard InChI is InChI=1S/C12H16F2N2O2/c13-10-5-9(6-11(14)7-10)1-3-16-12(17)8-18-4-2-15/h5-7H,1-4,8,15H2,(H,16,17). The number of carbonyl (C=O) groups is 1. The van der Waals surface area contributed by atoms with Gasteiger partial charge in [0, 0.05) is 19.2 Å². The Kier molecular flexibility index (Phi) is 6.24. The predicted molar refractivity (Wildman–Crippen MR) is 62.9 cm³/mol. The lowest BCUT2D eigenvalue weighted by atomic mass is 10.1. The monoisotopic (exact) mass is 258 g/mol. The van der Waals surface area contributed by atoms with E-state index in [1.54, 1.807) is 0 Å². The number of benzene rings is 1. The van der Waals surface area contributed by atoms with Crippen molar-refractivity contribution in [3.05, 3.63) is 35.4 Å². The molecule has 0 unspecified atom stereocenters. The zero-order chi connectivity index (χ0) is 13.4. The van der Waals surface area contributed by atoms with Gasteiger partial charge in [0.15, 0.2) is 0 Å². The van der Waals surface area contributed by atoms with Crippen molar-refractivity contribution >= 4 is 5.91 Å². The van der Waals surface area contributed by atoms with Gasteiger partial charge in [-0.25, -0.2) is 8.78 Å². The number of nitrogens with one attached hydrogen (secondary N) is 1. The van der Waals surface area contributed by atoms with E-state index in [0.29, 0.717) is 31.7 Å². The van der Waals surface area contributed by atoms with E-state index in [2.05, 4.69) is 5.32 Å². The Balaban J connectivity index is 2.26. The molecule has 0 aliphatic heterocycles. The first-order chi connectivity index (χ1) is 8.61. The molecule has 4 nitrogen and oxygen atoms in total. The normalized spacial score (nSPS) is 10.4. The van der Waals surface area contributed by atoms with Gasteiger partial charge in [-0.3, -0.25) is 4.79 Å². The highest BCUT2D eigenvalue weighted by molar-refractivity contribution is 5.77. The number of amides is 1. The zero-order valence-electron chi connectivity index (χ0n) is 9.92. The van der Waals surface area contributed by atoms with Gasteiger partial charge in [-0.15, -0.1) is 0 Å². The van der Waals surface area contributed by atoms with E-state index in [9.17, 15) is 13.6 Å². The fourth-order valence-electron chi connectivity index (χ4n) is 1.40. The van der Waals surface area contributed by atoms with Crippen LogP contribution in [0.4, 0.5) is 8.78 Å². The van der Waals surface area contributed by atoms with Crippen LogP contribution in [0.25, 0.3) is 0 Å². The van der Waals surface area contributed by atoms with Gasteiger partial charge >= 0.3 is 0 Å². The lowest BCUT2D eigenvalue weighted by Gasteiger charge is -2.06. The van der Waals surface area contributed by atoms with E-state index in [0.717, 1.165) is 6.07 Å². The maximum atomic E-state index is 12.9. The molecule has 6 heteroatoms. The van der Waals surface area contributed by atoms with Crippen LogP contribution in [-0.4, -0.2) is 32.2 Å². The highest BCUT2D eigenvalue weighted by Gasteiger charge is 2.03. The molecule has 1 aromatic rings. The SMILES string of the molecule is NCCOCC(=O)NCCc1cc(F)cc(F)c1. The Morgan fingerprint density at radius 3 is 2.56 bits per heavy atom. The first-order valence-corrected chi connectivity index (χ1v) is 5.61. The summed E-state index contributed by atoms with van der Waals surface area (Å²) in [6, 6.07) is 3.28. The van der Waals surface area contributed by atoms with E-state index in [4.69, 9.17) is 10.5 Å². The van der Waals surface area contributed by atoms with Crippen LogP contribution < -0.4 is 11.1 Å². The molecule has 0 fully saturated rings. The molecule has 0 saturated heterocycles. The third-order valence-corrected chi connectivity index (χ3v) is 2.15. The first kappa shape index (κ1) is 14.5. The topological polar surface area (TPSA) is 64.3 Å². The summed E-state index contributed by atoms with van der Waals surface area (Å²) < 4.78 is 30.6. The average molecular weight is 258 g/mol. The zero-order valence-corrected chi connectivity index (χ0v) is 9.92. The second-order valence-corrected chi connectivity index (χ2v) is 3.72. The second kappa shape index (κ2) is 7.73.